The highest BCUT2D eigenvalue weighted by Gasteiger charge is 2.50. The molecule has 0 bridgehead atoms. The van der Waals surface area contributed by atoms with E-state index in [0.29, 0.717) is 0 Å². The maximum Gasteiger partial charge on any atom is 0.222 e. The summed E-state index contributed by atoms with van der Waals surface area (Å²) in [5.74, 6) is -0.541. The van der Waals surface area contributed by atoms with E-state index in [1.807, 2.05) is 0 Å². The van der Waals surface area contributed by atoms with E-state index in [1.165, 1.54) is 0 Å². The first kappa shape index (κ1) is 30.5. The second-order valence-corrected chi connectivity index (χ2v) is 10.3. The highest BCUT2D eigenvalue weighted by Crippen LogP contribution is 2.31. The zero-order valence-electron chi connectivity index (χ0n) is 20.9. The smallest absolute Gasteiger partial charge is 0.222 e. The fourth-order valence-electron chi connectivity index (χ4n) is 4.77. The van der Waals surface area contributed by atoms with Gasteiger partial charge in [-0.3, -0.25) is 4.79 Å². The first-order valence-corrected chi connectivity index (χ1v) is 12.5. The van der Waals surface area contributed by atoms with Gasteiger partial charge in [-0.25, -0.2) is 0 Å². The Balaban J connectivity index is 1.66. The third kappa shape index (κ3) is 6.94. The molecule has 14 atom stereocenters. The number of carbonyl (C=O) groups excluding carboxylic acids is 1. The number of aliphatic hydroxyl groups is 6. The van der Waals surface area contributed by atoms with Crippen molar-refractivity contribution in [2.75, 3.05) is 13.2 Å². The van der Waals surface area contributed by atoms with Gasteiger partial charge in [0.2, 0.25) is 5.91 Å². The molecule has 216 valence electrons. The molecule has 15 heteroatoms. The molecule has 0 spiro atoms. The fourth-order valence-corrected chi connectivity index (χ4v) is 4.77. The molecule has 1 saturated carbocycles. The van der Waals surface area contributed by atoms with E-state index in [9.17, 15) is 35.4 Å². The van der Waals surface area contributed by atoms with Crippen LogP contribution in [-0.2, 0) is 23.7 Å². The van der Waals surface area contributed by atoms with Crippen LogP contribution in [0.25, 0.3) is 0 Å². The van der Waals surface area contributed by atoms with Crippen LogP contribution < -0.4 is 22.5 Å². The Morgan fingerprint density at radius 1 is 0.892 bits per heavy atom. The zero-order chi connectivity index (χ0) is 27.6. The molecule has 0 aromatic carbocycles. The van der Waals surface area contributed by atoms with Crippen molar-refractivity contribution in [3.05, 3.63) is 0 Å². The Bertz CT molecular complexity index is 749. The van der Waals surface area contributed by atoms with Gasteiger partial charge in [-0.1, -0.05) is 13.8 Å². The number of nitrogens with two attached hydrogens (primary N) is 3. The van der Waals surface area contributed by atoms with Crippen molar-refractivity contribution in [3.63, 3.8) is 0 Å². The third-order valence-electron chi connectivity index (χ3n) is 7.14. The molecule has 37 heavy (non-hydrogen) atoms. The maximum atomic E-state index is 11.9. The van der Waals surface area contributed by atoms with Crippen molar-refractivity contribution in [1.82, 2.24) is 5.32 Å². The average Bonchev–Trinajstić information content (AvgIpc) is 2.84. The van der Waals surface area contributed by atoms with Crippen LogP contribution in [0, 0.1) is 5.92 Å². The van der Waals surface area contributed by atoms with Gasteiger partial charge < -0.3 is 72.1 Å². The maximum absolute atomic E-state index is 11.9. The highest BCUT2D eigenvalue weighted by atomic mass is 16.7. The summed E-state index contributed by atoms with van der Waals surface area (Å²) in [6.45, 7) is 2.77. The van der Waals surface area contributed by atoms with Crippen LogP contribution in [0.3, 0.4) is 0 Å². The number of hydrogen-bond acceptors (Lipinski definition) is 14. The highest BCUT2D eigenvalue weighted by molar-refractivity contribution is 5.77. The lowest BCUT2D eigenvalue weighted by atomic mass is 9.84. The van der Waals surface area contributed by atoms with Gasteiger partial charge in [0.1, 0.15) is 48.8 Å². The molecule has 3 rings (SSSR count). The Hall–Kier alpha value is -1.05. The summed E-state index contributed by atoms with van der Waals surface area (Å²) in [4.78, 5) is 11.9. The van der Waals surface area contributed by atoms with E-state index < -0.39 is 92.2 Å². The van der Waals surface area contributed by atoms with Crippen molar-refractivity contribution in [3.8, 4) is 0 Å². The summed E-state index contributed by atoms with van der Waals surface area (Å²) in [5.41, 5.74) is 18.2. The number of hydrogen-bond donors (Lipinski definition) is 10. The molecule has 1 amide bonds. The molecule has 0 aromatic heterocycles. The van der Waals surface area contributed by atoms with Gasteiger partial charge in [-0.05, 0) is 6.42 Å². The molecule has 1 unspecified atom stereocenters. The van der Waals surface area contributed by atoms with Crippen LogP contribution in [0.4, 0.5) is 0 Å². The van der Waals surface area contributed by atoms with Crippen LogP contribution in [0.2, 0.25) is 0 Å². The van der Waals surface area contributed by atoms with E-state index in [0.717, 1.165) is 0 Å². The van der Waals surface area contributed by atoms with Crippen LogP contribution in [-0.4, -0.2) is 135 Å². The van der Waals surface area contributed by atoms with Crippen molar-refractivity contribution < 1.29 is 54.4 Å². The normalized spacial score (nSPS) is 47.1. The molecule has 1 aliphatic carbocycles. The molecule has 3 fully saturated rings. The third-order valence-corrected chi connectivity index (χ3v) is 7.14. The minimum Gasteiger partial charge on any atom is -0.394 e. The van der Waals surface area contributed by atoms with Crippen LogP contribution in [0.1, 0.15) is 26.7 Å². The lowest BCUT2D eigenvalue weighted by Gasteiger charge is -2.47. The zero-order valence-corrected chi connectivity index (χ0v) is 20.9. The SMILES string of the molecule is CC(C)C(=O)NC[C@H]1OC(O[C@H]2[C@H](O)[C@@H](O[C@H]3O[C@H](CO)[C@@H](O)[C@H](N)[C@H]3O)[C@H](N)C[C@@H]2N)C[C@@H](O)[C@@H]1O. The molecule has 0 radical (unpaired) electrons. The minimum absolute atomic E-state index is 0.0694. The topological polar surface area (TPSA) is 265 Å². The monoisotopic (exact) mass is 538 g/mol. The molecular formula is C22H42N4O11. The number of carbonyl (C=O) groups is 1. The minimum atomic E-state index is -1.48. The average molecular weight is 539 g/mol. The molecule has 2 saturated heterocycles. The summed E-state index contributed by atoms with van der Waals surface area (Å²) in [6, 6.07) is -2.74. The van der Waals surface area contributed by atoms with E-state index >= 15 is 0 Å². The second-order valence-electron chi connectivity index (χ2n) is 10.3. The second kappa shape index (κ2) is 12.9. The van der Waals surface area contributed by atoms with Crippen molar-refractivity contribution in [1.29, 1.82) is 0 Å². The Morgan fingerprint density at radius 3 is 2.11 bits per heavy atom. The molecular weight excluding hydrogens is 496 g/mol. The van der Waals surface area contributed by atoms with Gasteiger partial charge in [0.25, 0.3) is 0 Å². The molecule has 0 aromatic rings. The lowest BCUT2D eigenvalue weighted by Crippen LogP contribution is -2.67. The van der Waals surface area contributed by atoms with Crippen LogP contribution in [0.5, 0.6) is 0 Å². The molecule has 2 aliphatic heterocycles. The largest absolute Gasteiger partial charge is 0.394 e. The summed E-state index contributed by atoms with van der Waals surface area (Å²) >= 11 is 0. The first-order chi connectivity index (χ1) is 17.3. The predicted molar refractivity (Wildman–Crippen MR) is 125 cm³/mol. The van der Waals surface area contributed by atoms with Crippen LogP contribution in [0.15, 0.2) is 0 Å². The quantitative estimate of drug-likeness (QED) is 0.138. The van der Waals surface area contributed by atoms with Crippen LogP contribution >= 0.6 is 0 Å². The molecule has 15 nitrogen and oxygen atoms in total. The number of rotatable bonds is 8. The van der Waals surface area contributed by atoms with Gasteiger partial charge in [0.15, 0.2) is 12.6 Å². The standard InChI is InChI=1S/C22H42N4O11/c1-7(2)21(33)26-5-11-15(29)10(28)4-13(34-11)36-19-8(23)3-9(24)20(18(19)32)37-22-17(31)14(25)16(30)12(6-27)35-22/h7-20,22,27-32H,3-6,23-25H2,1-2H3,(H,26,33)/t8-,9+,10+,11+,12+,13?,14-,15-,16+,17+,18-,19+,20-,22+/m0/s1. The van der Waals surface area contributed by atoms with Gasteiger partial charge >= 0.3 is 0 Å². The fraction of sp³-hybridized carbons (Fsp3) is 0.955. The number of amides is 1. The Morgan fingerprint density at radius 2 is 1.51 bits per heavy atom. The van der Waals surface area contributed by atoms with Gasteiger partial charge in [0.05, 0.1) is 18.8 Å². The predicted octanol–water partition coefficient (Wildman–Crippen LogP) is -5.45. The number of aliphatic hydroxyl groups excluding tert-OH is 6. The summed E-state index contributed by atoms with van der Waals surface area (Å²) < 4.78 is 22.9. The Labute approximate surface area is 214 Å². The molecule has 13 N–H and O–H groups in total. The van der Waals surface area contributed by atoms with E-state index in [4.69, 9.17) is 36.1 Å². The summed E-state index contributed by atoms with van der Waals surface area (Å²) in [5, 5.41) is 64.3. The van der Waals surface area contributed by atoms with Gasteiger partial charge in [0, 0.05) is 31.0 Å². The van der Waals surface area contributed by atoms with E-state index in [1.54, 1.807) is 13.8 Å². The van der Waals surface area contributed by atoms with E-state index in [2.05, 4.69) is 5.32 Å². The number of nitrogens with one attached hydrogen (secondary N) is 1. The summed E-state index contributed by atoms with van der Waals surface area (Å²) in [7, 11) is 0. The van der Waals surface area contributed by atoms with Crippen molar-refractivity contribution in [2.45, 2.75) is 112 Å². The van der Waals surface area contributed by atoms with Gasteiger partial charge in [-0.15, -0.1) is 0 Å². The number of ether oxygens (including phenoxy) is 4. The van der Waals surface area contributed by atoms with Crippen molar-refractivity contribution >= 4 is 5.91 Å². The first-order valence-electron chi connectivity index (χ1n) is 12.5. The molecule has 3 aliphatic rings. The molecule has 2 heterocycles. The Kier molecular flexibility index (Phi) is 10.6. The summed E-state index contributed by atoms with van der Waals surface area (Å²) in [6.07, 6.45) is -13.6. The van der Waals surface area contributed by atoms with Crippen molar-refractivity contribution in [2.24, 2.45) is 23.1 Å². The lowest BCUT2D eigenvalue weighted by molar-refractivity contribution is -0.317. The van der Waals surface area contributed by atoms with E-state index in [-0.39, 0.29) is 31.2 Å². The van der Waals surface area contributed by atoms with Gasteiger partial charge in [-0.2, -0.15) is 0 Å².